The molecule has 1 aromatic rings. The minimum Gasteiger partial charge on any atom is -0.404 e. The fourth-order valence-electron chi connectivity index (χ4n) is 0.836. The summed E-state index contributed by atoms with van der Waals surface area (Å²) in [6.45, 7) is 1.52. The average molecular weight is 360 g/mol. The van der Waals surface area contributed by atoms with Crippen molar-refractivity contribution >= 4 is 39.7 Å². The molecule has 0 bridgehead atoms. The van der Waals surface area contributed by atoms with Gasteiger partial charge in [-0.2, -0.15) is 0 Å². The van der Waals surface area contributed by atoms with Gasteiger partial charge in [0.15, 0.2) is 3.42 Å². The van der Waals surface area contributed by atoms with E-state index >= 15 is 0 Å². The summed E-state index contributed by atoms with van der Waals surface area (Å²) in [5.41, 5.74) is 0. The van der Waals surface area contributed by atoms with Crippen molar-refractivity contribution in [1.29, 1.82) is 0 Å². The van der Waals surface area contributed by atoms with E-state index in [9.17, 15) is 9.46 Å². The lowest BCUT2D eigenvalue weighted by Crippen LogP contribution is -2.11. The van der Waals surface area contributed by atoms with E-state index in [0.29, 0.717) is 0 Å². The summed E-state index contributed by atoms with van der Waals surface area (Å²) in [7, 11) is -4.13. The maximum Gasteiger partial charge on any atom is 0.529 e. The molecule has 1 aromatic carbocycles. The molecule has 1 N–H and O–H groups in total. The second-order valence-corrected chi connectivity index (χ2v) is 8.16. The highest BCUT2D eigenvalue weighted by Gasteiger charge is 2.32. The van der Waals surface area contributed by atoms with Gasteiger partial charge in [-0.25, -0.2) is 9.09 Å². The van der Waals surface area contributed by atoms with E-state index in [1.165, 1.54) is 6.92 Å². The molecule has 0 radical (unpaired) electrons. The van der Waals surface area contributed by atoms with Crippen LogP contribution in [-0.2, 0) is 9.09 Å². The van der Waals surface area contributed by atoms with Crippen molar-refractivity contribution in [3.05, 3.63) is 30.3 Å². The monoisotopic (exact) mass is 358 g/mol. The maximum absolute atomic E-state index is 11.5. The van der Waals surface area contributed by atoms with Crippen molar-refractivity contribution < 1.29 is 18.5 Å². The van der Waals surface area contributed by atoms with Crippen LogP contribution in [0.25, 0.3) is 0 Å². The van der Waals surface area contributed by atoms with Gasteiger partial charge in [0.1, 0.15) is 5.75 Å². The molecule has 0 fully saturated rings. The number of phosphoric ester groups is 1. The van der Waals surface area contributed by atoms with Crippen molar-refractivity contribution in [3.8, 4) is 5.75 Å². The lowest BCUT2D eigenvalue weighted by molar-refractivity contribution is 0.188. The number of hydrogen-bond acceptors (Lipinski definition) is 3. The SMILES string of the molecule is CC(Br)(Br)OP(=O)(O)Oc1ccccc1. The normalized spacial score (nSPS) is 15.7. The van der Waals surface area contributed by atoms with Crippen LogP contribution in [0.5, 0.6) is 5.75 Å². The van der Waals surface area contributed by atoms with Crippen LogP contribution in [0.15, 0.2) is 30.3 Å². The zero-order chi connectivity index (χ0) is 11.5. The van der Waals surface area contributed by atoms with Gasteiger partial charge in [0.05, 0.1) is 0 Å². The predicted octanol–water partition coefficient (Wildman–Crippen LogP) is 3.65. The van der Waals surface area contributed by atoms with Crippen molar-refractivity contribution in [2.45, 2.75) is 10.3 Å². The summed E-state index contributed by atoms with van der Waals surface area (Å²) in [5.74, 6) is 0.271. The second-order valence-electron chi connectivity index (χ2n) is 2.77. The summed E-state index contributed by atoms with van der Waals surface area (Å²) in [5, 5.41) is 0. The Hall–Kier alpha value is 0.130. The Balaban J connectivity index is 2.69. The molecule has 0 aromatic heterocycles. The number of para-hydroxylation sites is 1. The van der Waals surface area contributed by atoms with Crippen molar-refractivity contribution in [1.82, 2.24) is 0 Å². The molecule has 0 saturated carbocycles. The highest BCUT2D eigenvalue weighted by atomic mass is 79.9. The quantitative estimate of drug-likeness (QED) is 0.658. The topological polar surface area (TPSA) is 55.8 Å². The van der Waals surface area contributed by atoms with Crippen molar-refractivity contribution in [2.75, 3.05) is 0 Å². The first-order chi connectivity index (χ1) is 6.79. The fourth-order valence-corrected chi connectivity index (χ4v) is 2.76. The molecule has 0 aliphatic heterocycles. The van der Waals surface area contributed by atoms with Gasteiger partial charge in [0, 0.05) is 0 Å². The van der Waals surface area contributed by atoms with Gasteiger partial charge in [0.2, 0.25) is 0 Å². The van der Waals surface area contributed by atoms with E-state index in [1.54, 1.807) is 30.3 Å². The van der Waals surface area contributed by atoms with E-state index in [-0.39, 0.29) is 5.75 Å². The van der Waals surface area contributed by atoms with Gasteiger partial charge in [-0.05, 0) is 50.9 Å². The number of benzene rings is 1. The summed E-state index contributed by atoms with van der Waals surface area (Å²) < 4.78 is 19.9. The molecular weight excluding hydrogens is 351 g/mol. The summed E-state index contributed by atoms with van der Waals surface area (Å²) >= 11 is 6.02. The van der Waals surface area contributed by atoms with E-state index in [0.717, 1.165) is 0 Å². The number of phosphoric acid groups is 1. The minimum absolute atomic E-state index is 0.271. The fraction of sp³-hybridized carbons (Fsp3) is 0.250. The third-order valence-electron chi connectivity index (χ3n) is 1.24. The van der Waals surface area contributed by atoms with E-state index in [4.69, 9.17) is 9.05 Å². The van der Waals surface area contributed by atoms with Crippen molar-refractivity contribution in [2.24, 2.45) is 0 Å². The van der Waals surface area contributed by atoms with Crippen LogP contribution < -0.4 is 4.52 Å². The Labute approximate surface area is 104 Å². The molecule has 0 heterocycles. The van der Waals surface area contributed by atoms with Crippen LogP contribution in [0.3, 0.4) is 0 Å². The zero-order valence-corrected chi connectivity index (χ0v) is 11.8. The molecule has 15 heavy (non-hydrogen) atoms. The smallest absolute Gasteiger partial charge is 0.404 e. The largest absolute Gasteiger partial charge is 0.529 e. The molecule has 1 rings (SSSR count). The van der Waals surface area contributed by atoms with Gasteiger partial charge in [-0.15, -0.1) is 0 Å². The second kappa shape index (κ2) is 4.97. The molecule has 1 atom stereocenters. The first kappa shape index (κ1) is 13.2. The zero-order valence-electron chi connectivity index (χ0n) is 7.76. The summed E-state index contributed by atoms with van der Waals surface area (Å²) in [4.78, 5) is 9.35. The first-order valence-corrected chi connectivity index (χ1v) is 7.03. The van der Waals surface area contributed by atoms with Crippen LogP contribution in [-0.4, -0.2) is 8.31 Å². The molecule has 0 amide bonds. The number of alkyl halides is 2. The Morgan fingerprint density at radius 2 is 1.87 bits per heavy atom. The molecule has 4 nitrogen and oxygen atoms in total. The molecule has 0 saturated heterocycles. The average Bonchev–Trinajstić information content (AvgIpc) is 1.99. The highest BCUT2D eigenvalue weighted by Crippen LogP contribution is 2.50. The van der Waals surface area contributed by atoms with Crippen molar-refractivity contribution in [3.63, 3.8) is 0 Å². The van der Waals surface area contributed by atoms with Gasteiger partial charge in [0.25, 0.3) is 0 Å². The number of rotatable bonds is 4. The molecule has 0 aliphatic rings. The molecule has 0 aliphatic carbocycles. The standard InChI is InChI=1S/C8H9Br2O4P/c1-8(9,10)14-15(11,12)13-7-5-3-2-4-6-7/h2-6H,1H3,(H,11,12). The molecule has 7 heteroatoms. The van der Waals surface area contributed by atoms with Gasteiger partial charge >= 0.3 is 7.82 Å². The van der Waals surface area contributed by atoms with Crippen LogP contribution >= 0.6 is 39.7 Å². The third kappa shape index (κ3) is 5.68. The highest BCUT2D eigenvalue weighted by molar-refractivity contribution is 9.25. The van der Waals surface area contributed by atoms with Gasteiger partial charge in [-0.1, -0.05) is 18.2 Å². The van der Waals surface area contributed by atoms with Crippen LogP contribution in [0.1, 0.15) is 6.92 Å². The first-order valence-electron chi connectivity index (χ1n) is 3.94. The van der Waals surface area contributed by atoms with Crippen LogP contribution in [0.4, 0.5) is 0 Å². The third-order valence-corrected chi connectivity index (χ3v) is 3.10. The number of halogens is 2. The van der Waals surface area contributed by atoms with E-state index in [2.05, 4.69) is 31.9 Å². The van der Waals surface area contributed by atoms with Gasteiger partial charge in [-0.3, -0.25) is 4.89 Å². The minimum atomic E-state index is -4.13. The summed E-state index contributed by atoms with van der Waals surface area (Å²) in [6, 6.07) is 8.28. The Morgan fingerprint density at radius 3 is 2.33 bits per heavy atom. The van der Waals surface area contributed by atoms with E-state index in [1.807, 2.05) is 0 Å². The number of hydrogen-bond donors (Lipinski definition) is 1. The van der Waals surface area contributed by atoms with Gasteiger partial charge < -0.3 is 4.52 Å². The Bertz CT molecular complexity index is 363. The predicted molar refractivity (Wildman–Crippen MR) is 64.2 cm³/mol. The van der Waals surface area contributed by atoms with Crippen LogP contribution in [0.2, 0.25) is 0 Å². The molecule has 1 unspecified atom stereocenters. The molecule has 0 spiro atoms. The Kier molecular flexibility index (Phi) is 4.38. The summed E-state index contributed by atoms with van der Waals surface area (Å²) in [6.07, 6.45) is 0. The Morgan fingerprint density at radius 1 is 1.33 bits per heavy atom. The maximum atomic E-state index is 11.5. The molecular formula is C8H9Br2O4P. The van der Waals surface area contributed by atoms with E-state index < -0.39 is 11.2 Å². The lowest BCUT2D eigenvalue weighted by atomic mass is 10.3. The lowest BCUT2D eigenvalue weighted by Gasteiger charge is -2.19. The molecule has 84 valence electrons. The van der Waals surface area contributed by atoms with Crippen LogP contribution in [0, 0.1) is 0 Å².